The van der Waals surface area contributed by atoms with Crippen molar-refractivity contribution in [3.05, 3.63) is 40.8 Å². The molecule has 0 radical (unpaired) electrons. The second-order valence-electron chi connectivity index (χ2n) is 2.89. The van der Waals surface area contributed by atoms with Crippen LogP contribution in [0.3, 0.4) is 0 Å². The van der Waals surface area contributed by atoms with Gasteiger partial charge in [-0.15, -0.1) is 0 Å². The number of rotatable bonds is 2. The summed E-state index contributed by atoms with van der Waals surface area (Å²) in [5.74, 6) is 0.717. The summed E-state index contributed by atoms with van der Waals surface area (Å²) in [4.78, 5) is 10.9. The Hall–Kier alpha value is -1.77. The Morgan fingerprint density at radius 2 is 2.07 bits per heavy atom. The van der Waals surface area contributed by atoms with Crippen molar-refractivity contribution in [2.75, 3.05) is 6.61 Å². The van der Waals surface area contributed by atoms with Gasteiger partial charge in [-0.1, -0.05) is 0 Å². The second kappa shape index (κ2) is 3.54. The third kappa shape index (κ3) is 1.62. The van der Waals surface area contributed by atoms with Gasteiger partial charge in [-0.05, 0) is 25.1 Å². The van der Waals surface area contributed by atoms with E-state index in [9.17, 15) is 4.79 Å². The minimum Gasteiger partial charge on any atom is -0.494 e. The van der Waals surface area contributed by atoms with E-state index in [1.807, 2.05) is 19.1 Å². The number of benzene rings is 1. The molecule has 0 aliphatic rings. The Labute approximate surface area is 80.9 Å². The lowest BCUT2D eigenvalue weighted by Gasteiger charge is -2.02. The standard InChI is InChI=1S/C11H10O3/c1-2-13-9-5-3-8-4-6-11(12)14-10(8)7-9/h3-7H,2H2,1H3/i2+2. The van der Waals surface area contributed by atoms with Gasteiger partial charge in [-0.3, -0.25) is 0 Å². The molecule has 2 aromatic rings. The predicted molar refractivity (Wildman–Crippen MR) is 53.7 cm³/mol. The quantitative estimate of drug-likeness (QED) is 0.684. The molecule has 0 fully saturated rings. The van der Waals surface area contributed by atoms with Gasteiger partial charge in [0.25, 0.3) is 0 Å². The molecule has 0 saturated carbocycles. The third-order valence-electron chi connectivity index (χ3n) is 1.91. The van der Waals surface area contributed by atoms with Crippen molar-refractivity contribution in [3.63, 3.8) is 0 Å². The van der Waals surface area contributed by atoms with E-state index >= 15 is 0 Å². The summed E-state index contributed by atoms with van der Waals surface area (Å²) in [6, 6.07) is 8.58. The molecule has 2 rings (SSSR count). The smallest absolute Gasteiger partial charge is 0.336 e. The Morgan fingerprint density at radius 3 is 2.86 bits per heavy atom. The van der Waals surface area contributed by atoms with Crippen LogP contribution >= 0.6 is 0 Å². The zero-order valence-corrected chi connectivity index (χ0v) is 7.82. The van der Waals surface area contributed by atoms with Crippen LogP contribution in [-0.2, 0) is 0 Å². The molecule has 0 atom stereocenters. The second-order valence-corrected chi connectivity index (χ2v) is 2.89. The number of ether oxygens (including phenoxy) is 1. The van der Waals surface area contributed by atoms with E-state index in [0.717, 1.165) is 5.39 Å². The van der Waals surface area contributed by atoms with Crippen LogP contribution in [0.25, 0.3) is 11.0 Å². The maximum absolute atomic E-state index is 10.9. The molecule has 3 nitrogen and oxygen atoms in total. The molecule has 0 amide bonds. The molecule has 0 spiro atoms. The van der Waals surface area contributed by atoms with Crippen LogP contribution in [0.1, 0.15) is 6.92 Å². The lowest BCUT2D eigenvalue weighted by molar-refractivity contribution is 0.340. The molecule has 1 heterocycles. The van der Waals surface area contributed by atoms with Gasteiger partial charge in [0, 0.05) is 17.5 Å². The highest BCUT2D eigenvalue weighted by molar-refractivity contribution is 5.77. The first-order valence-corrected chi connectivity index (χ1v) is 4.46. The average molecular weight is 192 g/mol. The Kier molecular flexibility index (Phi) is 2.23. The van der Waals surface area contributed by atoms with Gasteiger partial charge >= 0.3 is 5.63 Å². The van der Waals surface area contributed by atoms with E-state index in [0.29, 0.717) is 17.9 Å². The van der Waals surface area contributed by atoms with Crippen molar-refractivity contribution >= 4 is 11.0 Å². The first kappa shape index (κ1) is 8.81. The van der Waals surface area contributed by atoms with E-state index in [2.05, 4.69) is 0 Å². The van der Waals surface area contributed by atoms with E-state index in [1.165, 1.54) is 6.07 Å². The lowest BCUT2D eigenvalue weighted by Crippen LogP contribution is -1.95. The first-order valence-electron chi connectivity index (χ1n) is 4.46. The molecular weight excluding hydrogens is 182 g/mol. The predicted octanol–water partition coefficient (Wildman–Crippen LogP) is 2.19. The molecule has 0 aliphatic carbocycles. The Balaban J connectivity index is 2.58. The van der Waals surface area contributed by atoms with Crippen molar-refractivity contribution in [2.24, 2.45) is 0 Å². The maximum Gasteiger partial charge on any atom is 0.336 e. The van der Waals surface area contributed by atoms with Crippen molar-refractivity contribution in [2.45, 2.75) is 6.92 Å². The van der Waals surface area contributed by atoms with E-state index in [4.69, 9.17) is 9.15 Å². The fraction of sp³-hybridized carbons (Fsp3) is 0.182. The van der Waals surface area contributed by atoms with Gasteiger partial charge in [0.2, 0.25) is 0 Å². The molecule has 0 aliphatic heterocycles. The van der Waals surface area contributed by atoms with Crippen molar-refractivity contribution in [3.8, 4) is 5.75 Å². The van der Waals surface area contributed by atoms with Crippen molar-refractivity contribution in [1.29, 1.82) is 0 Å². The number of fused-ring (bicyclic) bond motifs is 1. The van der Waals surface area contributed by atoms with Gasteiger partial charge in [-0.25, -0.2) is 4.79 Å². The van der Waals surface area contributed by atoms with Crippen LogP contribution in [0, 0.1) is 0 Å². The highest BCUT2D eigenvalue weighted by atomic mass is 16.6. The summed E-state index contributed by atoms with van der Waals surface area (Å²) in [6.45, 7) is 2.51. The van der Waals surface area contributed by atoms with E-state index in [-0.39, 0.29) is 5.63 Å². The molecule has 1 aromatic carbocycles. The maximum atomic E-state index is 10.9. The molecule has 1 aromatic heterocycles. The van der Waals surface area contributed by atoms with Gasteiger partial charge in [0.1, 0.15) is 11.3 Å². The van der Waals surface area contributed by atoms with Crippen LogP contribution in [0.15, 0.2) is 39.5 Å². The summed E-state index contributed by atoms with van der Waals surface area (Å²) >= 11 is 0. The van der Waals surface area contributed by atoms with Crippen LogP contribution in [0.4, 0.5) is 0 Å². The zero-order chi connectivity index (χ0) is 9.97. The minimum absolute atomic E-state index is 0.342. The highest BCUT2D eigenvalue weighted by Crippen LogP contribution is 2.19. The van der Waals surface area contributed by atoms with Gasteiger partial charge < -0.3 is 9.15 Å². The van der Waals surface area contributed by atoms with Crippen LogP contribution in [0.5, 0.6) is 5.75 Å². The molecule has 0 unspecified atom stereocenters. The summed E-state index contributed by atoms with van der Waals surface area (Å²) in [5, 5.41) is 0.896. The van der Waals surface area contributed by atoms with Crippen molar-refractivity contribution < 1.29 is 9.15 Å². The topological polar surface area (TPSA) is 39.4 Å². The van der Waals surface area contributed by atoms with Crippen LogP contribution in [-0.4, -0.2) is 6.61 Å². The van der Waals surface area contributed by atoms with Crippen molar-refractivity contribution in [1.82, 2.24) is 0 Å². The van der Waals surface area contributed by atoms with Gasteiger partial charge in [-0.2, -0.15) is 0 Å². The zero-order valence-electron chi connectivity index (χ0n) is 7.82. The summed E-state index contributed by atoms with van der Waals surface area (Å²) in [7, 11) is 0. The summed E-state index contributed by atoms with van der Waals surface area (Å²) in [5.41, 5.74) is 0.217. The first-order chi connectivity index (χ1) is 6.79. The summed E-state index contributed by atoms with van der Waals surface area (Å²) < 4.78 is 10.3. The largest absolute Gasteiger partial charge is 0.494 e. The SMILES string of the molecule is C[14CH2]Oc1ccc2ccc(=O)oc2c1. The summed E-state index contributed by atoms with van der Waals surface area (Å²) in [6.07, 6.45) is 0. The molecule has 0 saturated heterocycles. The van der Waals surface area contributed by atoms with Gasteiger partial charge in [0.05, 0.1) is 6.61 Å². The Morgan fingerprint density at radius 1 is 1.29 bits per heavy atom. The molecule has 3 heteroatoms. The third-order valence-corrected chi connectivity index (χ3v) is 1.91. The lowest BCUT2D eigenvalue weighted by atomic mass is 10.2. The molecule has 72 valence electrons. The highest BCUT2D eigenvalue weighted by Gasteiger charge is 1.98. The monoisotopic (exact) mass is 192 g/mol. The number of hydrogen-bond donors (Lipinski definition) is 0. The van der Waals surface area contributed by atoms with E-state index in [1.54, 1.807) is 12.1 Å². The van der Waals surface area contributed by atoms with Crippen LogP contribution < -0.4 is 10.4 Å². The fourth-order valence-electron chi connectivity index (χ4n) is 1.30. The average Bonchev–Trinajstić information content (AvgIpc) is 2.17. The fourth-order valence-corrected chi connectivity index (χ4v) is 1.30. The molecule has 14 heavy (non-hydrogen) atoms. The minimum atomic E-state index is -0.342. The molecule has 0 N–H and O–H groups in total. The van der Waals surface area contributed by atoms with E-state index < -0.39 is 0 Å². The van der Waals surface area contributed by atoms with Crippen LogP contribution in [0.2, 0.25) is 0 Å². The molecular formula is C11H10O3. The Bertz CT molecular complexity index is 499. The van der Waals surface area contributed by atoms with Gasteiger partial charge in [0.15, 0.2) is 0 Å². The normalized spacial score (nSPS) is 10.4. The number of hydrogen-bond acceptors (Lipinski definition) is 3. The molecule has 0 bridgehead atoms.